The normalized spacial score (nSPS) is 20.2. The van der Waals surface area contributed by atoms with E-state index in [2.05, 4.69) is 0 Å². The standard InChI is InChI=1S/C20H23NO7S/c1-27-19-7-6-13(8-20(19)28-2)17(23)10-21(14-4-3-5-15(22)9-14)16-11-29(25,26)12-18(16)24/h3-9,16,18,22,24H,10-12H2,1-2H3/t16-,18+/m1/s1. The number of anilines is 1. The molecular weight excluding hydrogens is 398 g/mol. The van der Waals surface area contributed by atoms with E-state index >= 15 is 0 Å². The Kier molecular flexibility index (Phi) is 5.99. The highest BCUT2D eigenvalue weighted by Crippen LogP contribution is 2.30. The summed E-state index contributed by atoms with van der Waals surface area (Å²) in [5.41, 5.74) is 0.795. The van der Waals surface area contributed by atoms with Gasteiger partial charge in [0.15, 0.2) is 27.1 Å². The second-order valence-electron chi connectivity index (χ2n) is 6.85. The van der Waals surface area contributed by atoms with Gasteiger partial charge in [0.2, 0.25) is 0 Å². The van der Waals surface area contributed by atoms with E-state index in [0.29, 0.717) is 22.7 Å². The number of methoxy groups -OCH3 is 2. The molecule has 0 saturated carbocycles. The van der Waals surface area contributed by atoms with Gasteiger partial charge in [0.05, 0.1) is 44.4 Å². The molecule has 2 atom stereocenters. The van der Waals surface area contributed by atoms with Crippen LogP contribution in [0.2, 0.25) is 0 Å². The molecule has 0 unspecified atom stereocenters. The van der Waals surface area contributed by atoms with Crippen LogP contribution in [-0.4, -0.2) is 68.8 Å². The van der Waals surface area contributed by atoms with Crippen molar-refractivity contribution in [2.75, 3.05) is 37.2 Å². The summed E-state index contributed by atoms with van der Waals surface area (Å²) in [6.45, 7) is -0.184. The molecule has 1 aliphatic rings. The smallest absolute Gasteiger partial charge is 0.182 e. The molecule has 2 aromatic rings. The molecule has 1 heterocycles. The van der Waals surface area contributed by atoms with Crippen LogP contribution < -0.4 is 14.4 Å². The quantitative estimate of drug-likeness (QED) is 0.643. The number of rotatable bonds is 7. The number of ketones is 1. The molecule has 1 saturated heterocycles. The third-order valence-corrected chi connectivity index (χ3v) is 6.57. The van der Waals surface area contributed by atoms with E-state index in [1.807, 2.05) is 0 Å². The van der Waals surface area contributed by atoms with Crippen molar-refractivity contribution in [2.45, 2.75) is 12.1 Å². The van der Waals surface area contributed by atoms with Crippen LogP contribution >= 0.6 is 0 Å². The first kappa shape index (κ1) is 20.9. The maximum absolute atomic E-state index is 13.0. The number of benzene rings is 2. The zero-order valence-electron chi connectivity index (χ0n) is 16.1. The largest absolute Gasteiger partial charge is 0.508 e. The van der Waals surface area contributed by atoms with Crippen LogP contribution in [0.1, 0.15) is 10.4 Å². The van der Waals surface area contributed by atoms with Gasteiger partial charge in [0.25, 0.3) is 0 Å². The summed E-state index contributed by atoms with van der Waals surface area (Å²) in [4.78, 5) is 14.5. The van der Waals surface area contributed by atoms with E-state index in [1.54, 1.807) is 30.3 Å². The highest BCUT2D eigenvalue weighted by Gasteiger charge is 2.41. The number of aliphatic hydroxyl groups is 1. The number of carbonyl (C=O) groups excluding carboxylic acids is 1. The van der Waals surface area contributed by atoms with Crippen molar-refractivity contribution < 1.29 is 32.9 Å². The fourth-order valence-corrected chi connectivity index (χ4v) is 5.24. The van der Waals surface area contributed by atoms with Crippen molar-refractivity contribution in [2.24, 2.45) is 0 Å². The molecule has 0 spiro atoms. The molecular formula is C20H23NO7S. The Morgan fingerprint density at radius 3 is 2.41 bits per heavy atom. The highest BCUT2D eigenvalue weighted by molar-refractivity contribution is 7.91. The number of aliphatic hydroxyl groups excluding tert-OH is 1. The molecule has 0 amide bonds. The third-order valence-electron chi connectivity index (χ3n) is 4.87. The van der Waals surface area contributed by atoms with Gasteiger partial charge in [-0.3, -0.25) is 4.79 Å². The van der Waals surface area contributed by atoms with Gasteiger partial charge in [-0.25, -0.2) is 8.42 Å². The Hall–Kier alpha value is -2.78. The van der Waals surface area contributed by atoms with Crippen molar-refractivity contribution >= 4 is 21.3 Å². The van der Waals surface area contributed by atoms with Gasteiger partial charge in [-0.1, -0.05) is 6.07 Å². The van der Waals surface area contributed by atoms with Crippen LogP contribution in [0.3, 0.4) is 0 Å². The Bertz CT molecular complexity index is 1010. The van der Waals surface area contributed by atoms with Gasteiger partial charge in [-0.15, -0.1) is 0 Å². The second kappa shape index (κ2) is 8.30. The fraction of sp³-hybridized carbons (Fsp3) is 0.350. The molecule has 0 aromatic heterocycles. The lowest BCUT2D eigenvalue weighted by Crippen LogP contribution is -2.46. The van der Waals surface area contributed by atoms with E-state index in [9.17, 15) is 23.4 Å². The predicted molar refractivity (Wildman–Crippen MR) is 108 cm³/mol. The van der Waals surface area contributed by atoms with E-state index < -0.39 is 22.0 Å². The molecule has 0 aliphatic carbocycles. The van der Waals surface area contributed by atoms with Crippen LogP contribution in [-0.2, 0) is 9.84 Å². The Labute approximate surface area is 169 Å². The molecule has 156 valence electrons. The lowest BCUT2D eigenvalue weighted by molar-refractivity contribution is 0.0990. The zero-order chi connectivity index (χ0) is 21.2. The molecule has 9 heteroatoms. The number of carbonyl (C=O) groups is 1. The zero-order valence-corrected chi connectivity index (χ0v) is 16.9. The van der Waals surface area contributed by atoms with Crippen LogP contribution in [0.25, 0.3) is 0 Å². The lowest BCUT2D eigenvalue weighted by Gasteiger charge is -2.32. The second-order valence-corrected chi connectivity index (χ2v) is 9.01. The predicted octanol–water partition coefficient (Wildman–Crippen LogP) is 1.26. The first-order valence-electron chi connectivity index (χ1n) is 8.93. The van der Waals surface area contributed by atoms with Crippen LogP contribution in [0.4, 0.5) is 5.69 Å². The summed E-state index contributed by atoms with van der Waals surface area (Å²) in [6.07, 6.45) is -1.14. The van der Waals surface area contributed by atoms with Gasteiger partial charge < -0.3 is 24.6 Å². The molecule has 1 aliphatic heterocycles. The molecule has 0 bridgehead atoms. The summed E-state index contributed by atoms with van der Waals surface area (Å²) in [6, 6.07) is 10.1. The summed E-state index contributed by atoms with van der Waals surface area (Å²) in [5, 5.41) is 20.2. The van der Waals surface area contributed by atoms with Gasteiger partial charge in [0.1, 0.15) is 5.75 Å². The molecule has 1 fully saturated rings. The Morgan fingerprint density at radius 1 is 1.10 bits per heavy atom. The summed E-state index contributed by atoms with van der Waals surface area (Å²) in [7, 11) is -0.476. The molecule has 3 rings (SSSR count). The van der Waals surface area contributed by atoms with Crippen LogP contribution in [0.5, 0.6) is 17.2 Å². The SMILES string of the molecule is COc1ccc(C(=O)CN(c2cccc(O)c2)[C@@H]2CS(=O)(=O)C[C@@H]2O)cc1OC. The minimum atomic E-state index is -3.43. The number of phenolic OH excluding ortho intramolecular Hbond substituents is 1. The average Bonchev–Trinajstić information content (AvgIpc) is 2.97. The first-order chi connectivity index (χ1) is 13.7. The van der Waals surface area contributed by atoms with Crippen molar-refractivity contribution in [3.05, 3.63) is 48.0 Å². The Balaban J connectivity index is 1.94. The fourth-order valence-electron chi connectivity index (χ4n) is 3.44. The van der Waals surface area contributed by atoms with Gasteiger partial charge >= 0.3 is 0 Å². The summed E-state index contributed by atoms with van der Waals surface area (Å²) < 4.78 is 34.4. The minimum Gasteiger partial charge on any atom is -0.508 e. The number of phenols is 1. The maximum Gasteiger partial charge on any atom is 0.182 e. The minimum absolute atomic E-state index is 0.0265. The van der Waals surface area contributed by atoms with E-state index in [-0.39, 0.29) is 29.6 Å². The van der Waals surface area contributed by atoms with Crippen molar-refractivity contribution in [1.29, 1.82) is 0 Å². The van der Waals surface area contributed by atoms with E-state index in [0.717, 1.165) is 0 Å². The number of hydrogen-bond acceptors (Lipinski definition) is 8. The van der Waals surface area contributed by atoms with E-state index in [4.69, 9.17) is 9.47 Å². The average molecular weight is 421 g/mol. The van der Waals surface area contributed by atoms with Crippen molar-refractivity contribution in [3.63, 3.8) is 0 Å². The first-order valence-corrected chi connectivity index (χ1v) is 10.8. The monoisotopic (exact) mass is 421 g/mol. The number of hydrogen-bond donors (Lipinski definition) is 2. The summed E-state index contributed by atoms with van der Waals surface area (Å²) in [5.74, 6) is -0.0928. The number of ether oxygens (including phenoxy) is 2. The van der Waals surface area contributed by atoms with Gasteiger partial charge in [-0.2, -0.15) is 0 Å². The Morgan fingerprint density at radius 2 is 1.83 bits per heavy atom. The molecule has 2 aromatic carbocycles. The number of nitrogens with zero attached hydrogens (tertiary/aromatic N) is 1. The lowest BCUT2D eigenvalue weighted by atomic mass is 10.1. The summed E-state index contributed by atoms with van der Waals surface area (Å²) >= 11 is 0. The van der Waals surface area contributed by atoms with Crippen LogP contribution in [0, 0.1) is 0 Å². The van der Waals surface area contributed by atoms with Crippen molar-refractivity contribution in [3.8, 4) is 17.2 Å². The topological polar surface area (TPSA) is 113 Å². The van der Waals surface area contributed by atoms with Crippen molar-refractivity contribution in [1.82, 2.24) is 0 Å². The molecule has 29 heavy (non-hydrogen) atoms. The maximum atomic E-state index is 13.0. The number of sulfone groups is 1. The molecule has 0 radical (unpaired) electrons. The number of Topliss-reactive ketones (excluding diaryl/α,β-unsaturated/α-hetero) is 1. The van der Waals surface area contributed by atoms with E-state index in [1.165, 1.54) is 31.3 Å². The van der Waals surface area contributed by atoms with Crippen LogP contribution in [0.15, 0.2) is 42.5 Å². The van der Waals surface area contributed by atoms with Gasteiger partial charge in [-0.05, 0) is 30.3 Å². The van der Waals surface area contributed by atoms with Gasteiger partial charge in [0, 0.05) is 17.3 Å². The molecule has 2 N–H and O–H groups in total. The highest BCUT2D eigenvalue weighted by atomic mass is 32.2. The third kappa shape index (κ3) is 4.63. The molecule has 8 nitrogen and oxygen atoms in total. The number of aromatic hydroxyl groups is 1.